The number of hydrogen-bond donors (Lipinski definition) is 3. The number of rotatable bonds is 11. The van der Waals surface area contributed by atoms with E-state index in [4.69, 9.17) is 9.94 Å². The third-order valence-corrected chi connectivity index (χ3v) is 5.55. The topological polar surface area (TPSA) is 77.6 Å². The maximum absolute atomic E-state index is 11.1. The van der Waals surface area contributed by atoms with Crippen molar-refractivity contribution in [3.63, 3.8) is 0 Å². The number of nitrogens with zero attached hydrogens (tertiary/aromatic N) is 1. The number of ether oxygens (including phenoxy) is 1. The summed E-state index contributed by atoms with van der Waals surface area (Å²) in [4.78, 5) is 16.9. The van der Waals surface area contributed by atoms with Gasteiger partial charge < -0.3 is 9.72 Å². The number of benzene rings is 2. The third-order valence-electron chi connectivity index (χ3n) is 5.55. The van der Waals surface area contributed by atoms with E-state index in [1.807, 2.05) is 12.1 Å². The zero-order valence-electron chi connectivity index (χ0n) is 18.2. The second-order valence-electron chi connectivity index (χ2n) is 7.66. The highest BCUT2D eigenvalue weighted by molar-refractivity contribution is 5.90. The summed E-state index contributed by atoms with van der Waals surface area (Å²) in [7, 11) is 1.77. The van der Waals surface area contributed by atoms with Crippen molar-refractivity contribution in [2.75, 3.05) is 20.2 Å². The molecule has 0 saturated carbocycles. The van der Waals surface area contributed by atoms with Gasteiger partial charge >= 0.3 is 0 Å². The molecule has 1 unspecified atom stereocenters. The zero-order valence-corrected chi connectivity index (χ0v) is 18.2. The van der Waals surface area contributed by atoms with E-state index in [-0.39, 0.29) is 6.10 Å². The lowest BCUT2D eigenvalue weighted by molar-refractivity contribution is -0.124. The van der Waals surface area contributed by atoms with Crippen LogP contribution in [0.3, 0.4) is 0 Å². The fourth-order valence-corrected chi connectivity index (χ4v) is 3.71. The van der Waals surface area contributed by atoms with Crippen LogP contribution in [0.1, 0.15) is 30.0 Å². The third kappa shape index (κ3) is 6.52. The molecule has 1 atom stereocenters. The molecule has 1 heterocycles. The minimum absolute atomic E-state index is 0.196. The predicted octanol–water partition coefficient (Wildman–Crippen LogP) is 4.16. The lowest BCUT2D eigenvalue weighted by Crippen LogP contribution is -2.34. The molecule has 3 aromatic rings. The highest BCUT2D eigenvalue weighted by atomic mass is 16.5. The van der Waals surface area contributed by atoms with Crippen LogP contribution in [0.15, 0.2) is 60.8 Å². The number of hydroxylamine groups is 1. The van der Waals surface area contributed by atoms with Crippen LogP contribution in [-0.2, 0) is 22.5 Å². The standard InChI is InChI=1S/C25H31N3O3/c1-3-22(31-2)18-28(15-14-21-16-26-24-7-5-4-6-23(21)24)17-20-10-8-19(9-11-20)12-13-25(29)27-30/h4-13,16,22,26,30H,3,14-15,17-18H2,1-2H3,(H,27,29)/b13-12+. The molecule has 0 aliphatic rings. The monoisotopic (exact) mass is 421 g/mol. The van der Waals surface area contributed by atoms with E-state index in [2.05, 4.69) is 59.4 Å². The van der Waals surface area contributed by atoms with E-state index >= 15 is 0 Å². The molecule has 31 heavy (non-hydrogen) atoms. The smallest absolute Gasteiger partial charge is 0.267 e. The van der Waals surface area contributed by atoms with Crippen LogP contribution >= 0.6 is 0 Å². The number of amides is 1. The van der Waals surface area contributed by atoms with Crippen LogP contribution < -0.4 is 5.48 Å². The molecule has 0 aliphatic carbocycles. The fourth-order valence-electron chi connectivity index (χ4n) is 3.71. The number of para-hydroxylation sites is 1. The molecule has 0 bridgehead atoms. The Hall–Kier alpha value is -2.93. The Labute approximate surface area is 183 Å². The van der Waals surface area contributed by atoms with Crippen molar-refractivity contribution in [1.29, 1.82) is 0 Å². The van der Waals surface area contributed by atoms with Crippen molar-refractivity contribution in [1.82, 2.24) is 15.4 Å². The van der Waals surface area contributed by atoms with Gasteiger partial charge in [-0.1, -0.05) is 49.4 Å². The number of hydrogen-bond acceptors (Lipinski definition) is 4. The molecule has 164 valence electrons. The van der Waals surface area contributed by atoms with Gasteiger partial charge in [-0.15, -0.1) is 0 Å². The van der Waals surface area contributed by atoms with E-state index in [0.29, 0.717) is 0 Å². The number of H-pyrrole nitrogens is 1. The maximum Gasteiger partial charge on any atom is 0.267 e. The van der Waals surface area contributed by atoms with Crippen LogP contribution in [0.4, 0.5) is 0 Å². The number of methoxy groups -OCH3 is 1. The maximum atomic E-state index is 11.1. The first kappa shape index (κ1) is 22.7. The van der Waals surface area contributed by atoms with Crippen molar-refractivity contribution < 1.29 is 14.7 Å². The number of nitrogens with one attached hydrogen (secondary N) is 2. The van der Waals surface area contributed by atoms with Crippen molar-refractivity contribution in [2.24, 2.45) is 0 Å². The van der Waals surface area contributed by atoms with Gasteiger partial charge in [-0.2, -0.15) is 0 Å². The first-order valence-corrected chi connectivity index (χ1v) is 10.6. The number of carbonyl (C=O) groups is 1. The number of aromatic amines is 1. The highest BCUT2D eigenvalue weighted by Crippen LogP contribution is 2.19. The van der Waals surface area contributed by atoms with E-state index < -0.39 is 5.91 Å². The van der Waals surface area contributed by atoms with Gasteiger partial charge in [0.15, 0.2) is 0 Å². The molecule has 0 saturated heterocycles. The normalized spacial score (nSPS) is 12.6. The molecule has 2 aromatic carbocycles. The van der Waals surface area contributed by atoms with Gasteiger partial charge in [0.25, 0.3) is 5.91 Å². The average molecular weight is 422 g/mol. The molecule has 3 rings (SSSR count). The molecule has 1 amide bonds. The van der Waals surface area contributed by atoms with Crippen molar-refractivity contribution in [3.8, 4) is 0 Å². The lowest BCUT2D eigenvalue weighted by atomic mass is 10.1. The minimum atomic E-state index is -0.544. The number of fused-ring (bicyclic) bond motifs is 1. The lowest BCUT2D eigenvalue weighted by Gasteiger charge is -2.26. The van der Waals surface area contributed by atoms with E-state index in [1.54, 1.807) is 18.7 Å². The van der Waals surface area contributed by atoms with Crippen molar-refractivity contribution >= 4 is 22.9 Å². The first-order valence-electron chi connectivity index (χ1n) is 10.6. The molecular weight excluding hydrogens is 390 g/mol. The second kappa shape index (κ2) is 11.5. The van der Waals surface area contributed by atoms with Gasteiger partial charge in [-0.25, -0.2) is 5.48 Å². The summed E-state index contributed by atoms with van der Waals surface area (Å²) < 4.78 is 5.64. The van der Waals surface area contributed by atoms with Crippen LogP contribution in [-0.4, -0.2) is 47.3 Å². The summed E-state index contributed by atoms with van der Waals surface area (Å²) >= 11 is 0. The summed E-state index contributed by atoms with van der Waals surface area (Å²) in [6.07, 6.45) is 7.20. The SMILES string of the molecule is CCC(CN(CCc1c[nH]c2ccccc12)Cc1ccc(/C=C/C(=O)NO)cc1)OC. The number of carbonyl (C=O) groups excluding carboxylic acids is 1. The molecule has 3 N–H and O–H groups in total. The molecular formula is C25H31N3O3. The van der Waals surface area contributed by atoms with Gasteiger partial charge in [0.1, 0.15) is 0 Å². The van der Waals surface area contributed by atoms with Crippen LogP contribution in [0.2, 0.25) is 0 Å². The van der Waals surface area contributed by atoms with E-state index in [1.165, 1.54) is 28.1 Å². The first-order chi connectivity index (χ1) is 15.1. The Kier molecular flexibility index (Phi) is 8.41. The Morgan fingerprint density at radius 1 is 1.23 bits per heavy atom. The van der Waals surface area contributed by atoms with E-state index in [9.17, 15) is 4.79 Å². The average Bonchev–Trinajstić information content (AvgIpc) is 3.23. The largest absolute Gasteiger partial charge is 0.380 e. The van der Waals surface area contributed by atoms with E-state index in [0.717, 1.165) is 38.0 Å². The Bertz CT molecular complexity index is 991. The van der Waals surface area contributed by atoms with Gasteiger partial charge in [-0.3, -0.25) is 14.9 Å². The van der Waals surface area contributed by atoms with Crippen molar-refractivity contribution in [2.45, 2.75) is 32.4 Å². The van der Waals surface area contributed by atoms with Gasteiger partial charge in [0, 0.05) is 49.9 Å². The Morgan fingerprint density at radius 2 is 2.00 bits per heavy atom. The van der Waals surface area contributed by atoms with Crippen LogP contribution in [0.25, 0.3) is 17.0 Å². The summed E-state index contributed by atoms with van der Waals surface area (Å²) in [5.74, 6) is -0.544. The Balaban J connectivity index is 1.68. The summed E-state index contributed by atoms with van der Waals surface area (Å²) in [5.41, 5.74) is 6.20. The molecule has 6 nitrogen and oxygen atoms in total. The molecule has 1 aromatic heterocycles. The minimum Gasteiger partial charge on any atom is -0.380 e. The molecule has 0 aliphatic heterocycles. The Morgan fingerprint density at radius 3 is 2.71 bits per heavy atom. The van der Waals surface area contributed by atoms with Crippen LogP contribution in [0, 0.1) is 0 Å². The summed E-state index contributed by atoms with van der Waals surface area (Å²) in [6.45, 7) is 4.77. The van der Waals surface area contributed by atoms with Gasteiger partial charge in [0.2, 0.25) is 0 Å². The molecule has 0 spiro atoms. The van der Waals surface area contributed by atoms with Gasteiger partial charge in [0.05, 0.1) is 6.10 Å². The summed E-state index contributed by atoms with van der Waals surface area (Å²) in [6, 6.07) is 16.5. The zero-order chi connectivity index (χ0) is 22.1. The highest BCUT2D eigenvalue weighted by Gasteiger charge is 2.14. The quantitative estimate of drug-likeness (QED) is 0.247. The molecule has 6 heteroatoms. The van der Waals surface area contributed by atoms with Gasteiger partial charge in [-0.05, 0) is 41.7 Å². The van der Waals surface area contributed by atoms with Crippen LogP contribution in [0.5, 0.6) is 0 Å². The molecule has 0 radical (unpaired) electrons. The molecule has 0 fully saturated rings. The summed E-state index contributed by atoms with van der Waals surface area (Å²) in [5, 5.41) is 9.86. The fraction of sp³-hybridized carbons (Fsp3) is 0.320. The predicted molar refractivity (Wildman–Crippen MR) is 124 cm³/mol. The number of aromatic nitrogens is 1. The second-order valence-corrected chi connectivity index (χ2v) is 7.66. The van der Waals surface area contributed by atoms with Crippen molar-refractivity contribution in [3.05, 3.63) is 77.5 Å².